The van der Waals surface area contributed by atoms with Gasteiger partial charge in [-0.2, -0.15) is 0 Å². The second-order valence-electron chi connectivity index (χ2n) is 6.00. The molecule has 1 aromatic heterocycles. The number of para-hydroxylation sites is 1. The molecule has 0 bridgehead atoms. The topological polar surface area (TPSA) is 51.0 Å². The summed E-state index contributed by atoms with van der Waals surface area (Å²) >= 11 is 6.23. The molecule has 0 aliphatic heterocycles. The standard InChI is InChI=1S/C19H19ClN4O/c1-12-9-10-16(13(2)11-12)23(4)19(25)18-21-14(3)24(22-18)17-8-6-5-7-15(17)20/h5-11H,1-4H3. The van der Waals surface area contributed by atoms with Gasteiger partial charge in [-0.3, -0.25) is 4.79 Å². The molecule has 0 unspecified atom stereocenters. The van der Waals surface area contributed by atoms with Gasteiger partial charge in [-0.25, -0.2) is 9.67 Å². The van der Waals surface area contributed by atoms with Crippen LogP contribution in [0.4, 0.5) is 5.69 Å². The van der Waals surface area contributed by atoms with Gasteiger partial charge < -0.3 is 4.90 Å². The summed E-state index contributed by atoms with van der Waals surface area (Å²) in [5, 5.41) is 4.92. The lowest BCUT2D eigenvalue weighted by Gasteiger charge is -2.18. The Morgan fingerprint density at radius 3 is 2.52 bits per heavy atom. The van der Waals surface area contributed by atoms with Crippen molar-refractivity contribution in [1.29, 1.82) is 0 Å². The molecule has 1 heterocycles. The molecular weight excluding hydrogens is 336 g/mol. The third-order valence-corrected chi connectivity index (χ3v) is 4.38. The van der Waals surface area contributed by atoms with E-state index in [1.54, 1.807) is 29.6 Å². The Morgan fingerprint density at radius 2 is 1.84 bits per heavy atom. The zero-order valence-electron chi connectivity index (χ0n) is 14.6. The molecule has 0 N–H and O–H groups in total. The van der Waals surface area contributed by atoms with Crippen LogP contribution in [0.3, 0.4) is 0 Å². The Hall–Kier alpha value is -2.66. The van der Waals surface area contributed by atoms with E-state index < -0.39 is 0 Å². The maximum atomic E-state index is 12.8. The van der Waals surface area contributed by atoms with Crippen LogP contribution in [0.5, 0.6) is 0 Å². The summed E-state index contributed by atoms with van der Waals surface area (Å²) in [4.78, 5) is 18.7. The molecule has 3 rings (SSSR count). The van der Waals surface area contributed by atoms with Crippen molar-refractivity contribution < 1.29 is 4.79 Å². The van der Waals surface area contributed by atoms with Gasteiger partial charge in [-0.05, 0) is 44.5 Å². The molecule has 0 saturated heterocycles. The highest BCUT2D eigenvalue weighted by Crippen LogP contribution is 2.23. The van der Waals surface area contributed by atoms with Crippen LogP contribution in [0.2, 0.25) is 5.02 Å². The van der Waals surface area contributed by atoms with Gasteiger partial charge in [-0.15, -0.1) is 5.10 Å². The molecule has 0 atom stereocenters. The predicted molar refractivity (Wildman–Crippen MR) is 99.8 cm³/mol. The van der Waals surface area contributed by atoms with Crippen molar-refractivity contribution in [2.45, 2.75) is 20.8 Å². The molecule has 0 spiro atoms. The first-order chi connectivity index (χ1) is 11.9. The summed E-state index contributed by atoms with van der Waals surface area (Å²) < 4.78 is 1.59. The van der Waals surface area contributed by atoms with E-state index in [1.165, 1.54) is 0 Å². The van der Waals surface area contributed by atoms with E-state index in [-0.39, 0.29) is 11.7 Å². The fourth-order valence-corrected chi connectivity index (χ4v) is 2.99. The van der Waals surface area contributed by atoms with E-state index >= 15 is 0 Å². The first kappa shape index (κ1) is 17.2. The zero-order valence-corrected chi connectivity index (χ0v) is 15.4. The minimum Gasteiger partial charge on any atom is -0.308 e. The predicted octanol–water partition coefficient (Wildman–Crippen LogP) is 4.12. The van der Waals surface area contributed by atoms with Crippen molar-refractivity contribution in [3.05, 3.63) is 70.3 Å². The van der Waals surface area contributed by atoms with Crippen LogP contribution in [0.15, 0.2) is 42.5 Å². The number of nitrogens with zero attached hydrogens (tertiary/aromatic N) is 4. The van der Waals surface area contributed by atoms with E-state index in [1.807, 2.05) is 50.2 Å². The number of hydrogen-bond donors (Lipinski definition) is 0. The second-order valence-corrected chi connectivity index (χ2v) is 6.41. The molecule has 128 valence electrons. The highest BCUT2D eigenvalue weighted by molar-refractivity contribution is 6.32. The van der Waals surface area contributed by atoms with Crippen LogP contribution in [-0.4, -0.2) is 27.7 Å². The number of aryl methyl sites for hydroxylation is 3. The van der Waals surface area contributed by atoms with Crippen molar-refractivity contribution >= 4 is 23.2 Å². The number of carbonyl (C=O) groups is 1. The maximum Gasteiger partial charge on any atom is 0.297 e. The number of halogens is 1. The van der Waals surface area contributed by atoms with Crippen LogP contribution >= 0.6 is 11.6 Å². The fourth-order valence-electron chi connectivity index (χ4n) is 2.77. The van der Waals surface area contributed by atoms with Crippen molar-refractivity contribution in [3.63, 3.8) is 0 Å². The molecule has 0 aliphatic carbocycles. The molecular formula is C19H19ClN4O. The summed E-state index contributed by atoms with van der Waals surface area (Å²) in [5.41, 5.74) is 3.71. The molecule has 0 saturated carbocycles. The van der Waals surface area contributed by atoms with E-state index in [2.05, 4.69) is 10.1 Å². The van der Waals surface area contributed by atoms with Crippen molar-refractivity contribution in [3.8, 4) is 5.69 Å². The lowest BCUT2D eigenvalue weighted by atomic mass is 10.1. The monoisotopic (exact) mass is 354 g/mol. The highest BCUT2D eigenvalue weighted by Gasteiger charge is 2.21. The number of anilines is 1. The number of aromatic nitrogens is 3. The van der Waals surface area contributed by atoms with Crippen LogP contribution < -0.4 is 4.90 Å². The van der Waals surface area contributed by atoms with Gasteiger partial charge in [0.2, 0.25) is 5.82 Å². The highest BCUT2D eigenvalue weighted by atomic mass is 35.5. The van der Waals surface area contributed by atoms with Gasteiger partial charge in [0, 0.05) is 12.7 Å². The molecule has 0 radical (unpaired) electrons. The molecule has 6 heteroatoms. The van der Waals surface area contributed by atoms with Crippen molar-refractivity contribution in [2.75, 3.05) is 11.9 Å². The lowest BCUT2D eigenvalue weighted by Crippen LogP contribution is -2.28. The summed E-state index contributed by atoms with van der Waals surface area (Å²) in [6.45, 7) is 5.80. The van der Waals surface area contributed by atoms with Gasteiger partial charge in [0.25, 0.3) is 5.91 Å². The molecule has 5 nitrogen and oxygen atoms in total. The van der Waals surface area contributed by atoms with Crippen molar-refractivity contribution in [1.82, 2.24) is 14.8 Å². The second kappa shape index (κ2) is 6.69. The number of carbonyl (C=O) groups excluding carboxylic acids is 1. The molecule has 1 amide bonds. The summed E-state index contributed by atoms with van der Waals surface area (Å²) in [7, 11) is 1.73. The Labute approximate surface area is 151 Å². The number of amides is 1. The number of hydrogen-bond acceptors (Lipinski definition) is 3. The zero-order chi connectivity index (χ0) is 18.1. The fraction of sp³-hybridized carbons (Fsp3) is 0.211. The van der Waals surface area contributed by atoms with Gasteiger partial charge in [0.1, 0.15) is 5.82 Å². The van der Waals surface area contributed by atoms with Gasteiger partial charge >= 0.3 is 0 Å². The normalized spacial score (nSPS) is 10.8. The quantitative estimate of drug-likeness (QED) is 0.710. The molecule has 0 aliphatic rings. The third kappa shape index (κ3) is 3.28. The van der Waals surface area contributed by atoms with E-state index in [0.29, 0.717) is 16.5 Å². The third-order valence-electron chi connectivity index (χ3n) is 4.06. The molecule has 2 aromatic carbocycles. The Bertz CT molecular complexity index is 948. The van der Waals surface area contributed by atoms with Crippen LogP contribution in [0.25, 0.3) is 5.69 Å². The van der Waals surface area contributed by atoms with Crippen molar-refractivity contribution in [2.24, 2.45) is 0 Å². The smallest absolute Gasteiger partial charge is 0.297 e. The Kier molecular flexibility index (Phi) is 4.59. The van der Waals surface area contributed by atoms with Gasteiger partial charge in [-0.1, -0.05) is 41.4 Å². The molecule has 3 aromatic rings. The lowest BCUT2D eigenvalue weighted by molar-refractivity contribution is 0.0983. The van der Waals surface area contributed by atoms with E-state index in [9.17, 15) is 4.79 Å². The first-order valence-electron chi connectivity index (χ1n) is 7.92. The maximum absolute atomic E-state index is 12.8. The largest absolute Gasteiger partial charge is 0.308 e. The van der Waals surface area contributed by atoms with Gasteiger partial charge in [0.05, 0.1) is 10.7 Å². The first-order valence-corrected chi connectivity index (χ1v) is 8.30. The van der Waals surface area contributed by atoms with E-state index in [0.717, 1.165) is 16.8 Å². The average molecular weight is 355 g/mol. The number of rotatable bonds is 3. The summed E-state index contributed by atoms with van der Waals surface area (Å²) in [6, 6.07) is 13.3. The molecule has 0 fully saturated rings. The molecule has 25 heavy (non-hydrogen) atoms. The van der Waals surface area contributed by atoms with E-state index in [4.69, 9.17) is 11.6 Å². The van der Waals surface area contributed by atoms with Crippen LogP contribution in [0.1, 0.15) is 27.6 Å². The minimum absolute atomic E-state index is 0.139. The van der Waals surface area contributed by atoms with Gasteiger partial charge in [0.15, 0.2) is 0 Å². The Balaban J connectivity index is 1.96. The average Bonchev–Trinajstić information content (AvgIpc) is 2.95. The van der Waals surface area contributed by atoms with Crippen LogP contribution in [-0.2, 0) is 0 Å². The number of benzene rings is 2. The summed E-state index contributed by atoms with van der Waals surface area (Å²) in [6.07, 6.45) is 0. The SMILES string of the molecule is Cc1ccc(N(C)C(=O)c2nc(C)n(-c3ccccc3Cl)n2)c(C)c1. The summed E-state index contributed by atoms with van der Waals surface area (Å²) in [5.74, 6) is 0.478. The van der Waals surface area contributed by atoms with Crippen LogP contribution in [0, 0.1) is 20.8 Å². The minimum atomic E-state index is -0.263. The Morgan fingerprint density at radius 1 is 1.12 bits per heavy atom.